The van der Waals surface area contributed by atoms with E-state index in [4.69, 9.17) is 10.5 Å². The van der Waals surface area contributed by atoms with Crippen molar-refractivity contribution in [2.24, 2.45) is 17.6 Å². The van der Waals surface area contributed by atoms with Crippen LogP contribution in [0.25, 0.3) is 0 Å². The Bertz CT molecular complexity index is 1770. The summed E-state index contributed by atoms with van der Waals surface area (Å²) in [5.41, 5.74) is 10.1. The van der Waals surface area contributed by atoms with Crippen LogP contribution in [0, 0.1) is 11.8 Å². The zero-order valence-corrected chi connectivity index (χ0v) is 28.1. The second kappa shape index (κ2) is 16.1. The number of primary amides is 1. The van der Waals surface area contributed by atoms with Crippen molar-refractivity contribution < 1.29 is 29.3 Å². The molecular weight excluding hydrogens is 630 g/mol. The Kier molecular flexibility index (Phi) is 11.3. The first-order valence-corrected chi connectivity index (χ1v) is 17.4. The molecule has 9 nitrogen and oxygen atoms in total. The summed E-state index contributed by atoms with van der Waals surface area (Å²) < 4.78 is 5.49. The Labute approximate surface area is 293 Å². The molecule has 4 aromatic rings. The van der Waals surface area contributed by atoms with Gasteiger partial charge in [-0.2, -0.15) is 0 Å². The zero-order valence-electron chi connectivity index (χ0n) is 28.1. The van der Waals surface area contributed by atoms with E-state index in [-0.39, 0.29) is 43.3 Å². The van der Waals surface area contributed by atoms with Gasteiger partial charge >= 0.3 is 0 Å². The van der Waals surface area contributed by atoms with Crippen molar-refractivity contribution in [3.8, 4) is 5.75 Å². The largest absolute Gasteiger partial charge is 0.484 e. The quantitative estimate of drug-likeness (QED) is 0.151. The average Bonchev–Trinajstić information content (AvgIpc) is 3.58. The van der Waals surface area contributed by atoms with E-state index in [0.29, 0.717) is 37.9 Å². The van der Waals surface area contributed by atoms with Crippen LogP contribution >= 0.6 is 0 Å². The Morgan fingerprint density at radius 3 is 2.30 bits per heavy atom. The van der Waals surface area contributed by atoms with Gasteiger partial charge in [0.25, 0.3) is 5.91 Å². The van der Waals surface area contributed by atoms with Crippen LogP contribution in [-0.2, 0) is 40.1 Å². The highest BCUT2D eigenvalue weighted by Gasteiger charge is 2.41. The number of β-amino-alcohol motifs (C(OH)–C–C–N with tert-alkyl or cyclic N) is 1. The van der Waals surface area contributed by atoms with Gasteiger partial charge in [0.2, 0.25) is 11.8 Å². The standard InChI is InChI=1S/C41H45N3O6/c42-38(47)26-50-35-16-9-14-29(21-35)19-32-22-33(20-28-12-5-2-6-13-28)44(41(32)49)25-34(45)23-31(18-27-10-3-1-4-11-27)40(48)43-39-36-17-8-7-15-30(36)24-37(39)46/h1-17,21,31-34,37,39,45-46H,18-20,22-26H2,(H2,42,47)(H,43,48)/t31-,32-,33-,34-,37+,39-/m0/s1. The Balaban J connectivity index is 1.18. The SMILES string of the molecule is NC(=O)COc1cccc(C[C@H]2C[C@H](Cc3ccccc3)N(C[C@@H](O)C[C@H](Cc3ccccc3)C(=O)N[C@H]3c4ccccc4C[C@H]3O)C2=O)c1. The van der Waals surface area contributed by atoms with Gasteiger partial charge in [-0.3, -0.25) is 14.4 Å². The fraction of sp³-hybridized carbons (Fsp3) is 0.341. The Hall–Kier alpha value is -4.99. The number of aliphatic hydroxyl groups is 2. The summed E-state index contributed by atoms with van der Waals surface area (Å²) in [6, 6.07) is 34.1. The lowest BCUT2D eigenvalue weighted by Crippen LogP contribution is -2.43. The molecule has 6 atom stereocenters. The van der Waals surface area contributed by atoms with Crippen molar-refractivity contribution in [2.75, 3.05) is 13.2 Å². The van der Waals surface area contributed by atoms with E-state index >= 15 is 0 Å². The lowest BCUT2D eigenvalue weighted by atomic mass is 9.91. The molecule has 1 fully saturated rings. The minimum Gasteiger partial charge on any atom is -0.484 e. The first-order chi connectivity index (χ1) is 24.2. The summed E-state index contributed by atoms with van der Waals surface area (Å²) in [6.45, 7) is -0.128. The van der Waals surface area contributed by atoms with Crippen molar-refractivity contribution in [3.63, 3.8) is 0 Å². The molecule has 0 bridgehead atoms. The highest BCUT2D eigenvalue weighted by molar-refractivity contribution is 5.82. The molecule has 260 valence electrons. The summed E-state index contributed by atoms with van der Waals surface area (Å²) in [4.78, 5) is 41.0. The molecule has 0 unspecified atom stereocenters. The Morgan fingerprint density at radius 1 is 0.880 bits per heavy atom. The summed E-state index contributed by atoms with van der Waals surface area (Å²) in [5.74, 6) is -1.23. The number of aliphatic hydroxyl groups excluding tert-OH is 2. The predicted molar refractivity (Wildman–Crippen MR) is 190 cm³/mol. The number of benzene rings is 4. The van der Waals surface area contributed by atoms with E-state index in [1.807, 2.05) is 103 Å². The second-order valence-electron chi connectivity index (χ2n) is 13.6. The number of hydrogen-bond acceptors (Lipinski definition) is 6. The van der Waals surface area contributed by atoms with Crippen molar-refractivity contribution >= 4 is 17.7 Å². The fourth-order valence-electron chi connectivity index (χ4n) is 7.49. The Morgan fingerprint density at radius 2 is 1.56 bits per heavy atom. The van der Waals surface area contributed by atoms with Crippen molar-refractivity contribution in [2.45, 2.75) is 62.8 Å². The predicted octanol–water partition coefficient (Wildman–Crippen LogP) is 3.94. The van der Waals surface area contributed by atoms with Crippen LogP contribution in [0.1, 0.15) is 46.7 Å². The van der Waals surface area contributed by atoms with Gasteiger partial charge in [0.05, 0.1) is 18.2 Å². The summed E-state index contributed by atoms with van der Waals surface area (Å²) in [7, 11) is 0. The van der Waals surface area contributed by atoms with Crippen LogP contribution in [0.2, 0.25) is 0 Å². The van der Waals surface area contributed by atoms with Gasteiger partial charge in [-0.25, -0.2) is 0 Å². The smallest absolute Gasteiger partial charge is 0.255 e. The van der Waals surface area contributed by atoms with Gasteiger partial charge in [0, 0.05) is 30.8 Å². The monoisotopic (exact) mass is 675 g/mol. The van der Waals surface area contributed by atoms with Gasteiger partial charge in [-0.05, 0) is 72.1 Å². The topological polar surface area (TPSA) is 142 Å². The number of rotatable bonds is 15. The number of carbonyl (C=O) groups excluding carboxylic acids is 3. The summed E-state index contributed by atoms with van der Waals surface area (Å²) >= 11 is 0. The summed E-state index contributed by atoms with van der Waals surface area (Å²) in [5, 5.41) is 25.6. The molecule has 50 heavy (non-hydrogen) atoms. The normalized spacial score (nSPS) is 21.0. The molecule has 1 heterocycles. The summed E-state index contributed by atoms with van der Waals surface area (Å²) in [6.07, 6.45) is 1.08. The number of ether oxygens (including phenoxy) is 1. The van der Waals surface area contributed by atoms with E-state index in [0.717, 1.165) is 27.8 Å². The number of hydrogen-bond donors (Lipinski definition) is 4. The molecule has 1 saturated heterocycles. The first kappa shape index (κ1) is 34.9. The van der Waals surface area contributed by atoms with Crippen molar-refractivity contribution in [1.29, 1.82) is 0 Å². The van der Waals surface area contributed by atoms with E-state index in [1.165, 1.54) is 0 Å². The molecule has 4 aromatic carbocycles. The van der Waals surface area contributed by atoms with Crippen LogP contribution in [0.3, 0.4) is 0 Å². The van der Waals surface area contributed by atoms with E-state index in [9.17, 15) is 24.6 Å². The highest BCUT2D eigenvalue weighted by atomic mass is 16.5. The van der Waals surface area contributed by atoms with Gasteiger partial charge in [0.1, 0.15) is 5.75 Å². The van der Waals surface area contributed by atoms with Crippen molar-refractivity contribution in [1.82, 2.24) is 10.2 Å². The molecule has 3 amide bonds. The average molecular weight is 676 g/mol. The molecule has 1 aliphatic carbocycles. The maximum absolute atomic E-state index is 14.1. The van der Waals surface area contributed by atoms with Crippen LogP contribution in [0.5, 0.6) is 5.75 Å². The minimum absolute atomic E-state index is 0.0387. The van der Waals surface area contributed by atoms with E-state index in [1.54, 1.807) is 11.0 Å². The lowest BCUT2D eigenvalue weighted by Gasteiger charge is -2.29. The molecule has 5 N–H and O–H groups in total. The molecule has 0 aromatic heterocycles. The van der Waals surface area contributed by atoms with Crippen LogP contribution in [-0.4, -0.2) is 64.2 Å². The number of nitrogens with two attached hydrogens (primary N) is 1. The second-order valence-corrected chi connectivity index (χ2v) is 13.6. The number of nitrogens with zero attached hydrogens (tertiary/aromatic N) is 1. The third-order valence-corrected chi connectivity index (χ3v) is 9.87. The van der Waals surface area contributed by atoms with Crippen LogP contribution < -0.4 is 15.8 Å². The molecule has 9 heteroatoms. The van der Waals surface area contributed by atoms with Crippen molar-refractivity contribution in [3.05, 3.63) is 137 Å². The maximum atomic E-state index is 14.1. The number of amides is 3. The van der Waals surface area contributed by atoms with Gasteiger partial charge in [-0.1, -0.05) is 97.1 Å². The molecule has 0 saturated carbocycles. The van der Waals surface area contributed by atoms with E-state index < -0.39 is 30.1 Å². The molecular formula is C41H45N3O6. The number of fused-ring (bicyclic) bond motifs is 1. The van der Waals surface area contributed by atoms with Gasteiger partial charge < -0.3 is 30.9 Å². The van der Waals surface area contributed by atoms with Gasteiger partial charge in [-0.15, -0.1) is 0 Å². The third-order valence-electron chi connectivity index (χ3n) is 9.87. The molecule has 0 spiro atoms. The maximum Gasteiger partial charge on any atom is 0.255 e. The highest BCUT2D eigenvalue weighted by Crippen LogP contribution is 2.33. The molecule has 2 aliphatic rings. The molecule has 0 radical (unpaired) electrons. The zero-order chi connectivity index (χ0) is 35.0. The van der Waals surface area contributed by atoms with Gasteiger partial charge in [0.15, 0.2) is 6.61 Å². The minimum atomic E-state index is -0.957. The fourth-order valence-corrected chi connectivity index (χ4v) is 7.49. The number of carbonyl (C=O) groups is 3. The number of likely N-dealkylation sites (tertiary alicyclic amines) is 1. The van der Waals surface area contributed by atoms with E-state index in [2.05, 4.69) is 5.32 Å². The lowest BCUT2D eigenvalue weighted by molar-refractivity contribution is -0.133. The van der Waals surface area contributed by atoms with Crippen LogP contribution in [0.15, 0.2) is 109 Å². The van der Waals surface area contributed by atoms with Crippen LogP contribution in [0.4, 0.5) is 0 Å². The first-order valence-electron chi connectivity index (χ1n) is 17.4. The molecule has 6 rings (SSSR count). The number of nitrogens with one attached hydrogen (secondary N) is 1. The third kappa shape index (κ3) is 8.77. The molecule has 1 aliphatic heterocycles.